The molecule has 1 amide bonds. The molecule has 4 rings (SSSR count). The predicted molar refractivity (Wildman–Crippen MR) is 105 cm³/mol. The predicted octanol–water partition coefficient (Wildman–Crippen LogP) is 3.61. The van der Waals surface area contributed by atoms with Crippen LogP contribution in [0.1, 0.15) is 22.8 Å². The van der Waals surface area contributed by atoms with Crippen molar-refractivity contribution in [3.63, 3.8) is 0 Å². The van der Waals surface area contributed by atoms with Gasteiger partial charge in [-0.05, 0) is 64.7 Å². The molecule has 142 valence electrons. The molecule has 0 radical (unpaired) electrons. The van der Waals surface area contributed by atoms with Gasteiger partial charge in [-0.25, -0.2) is 4.79 Å². The molecule has 1 atom stereocenters. The summed E-state index contributed by atoms with van der Waals surface area (Å²) in [5.74, 6) is 0.0919. The Labute approximate surface area is 161 Å². The zero-order chi connectivity index (χ0) is 19.8. The number of nitrogens with one attached hydrogen (secondary N) is 1. The Bertz CT molecular complexity index is 1090. The third-order valence-corrected chi connectivity index (χ3v) is 4.93. The van der Waals surface area contributed by atoms with Crippen LogP contribution in [-0.4, -0.2) is 30.2 Å². The van der Waals surface area contributed by atoms with Crippen molar-refractivity contribution in [1.82, 2.24) is 5.32 Å². The summed E-state index contributed by atoms with van der Waals surface area (Å²) in [6.07, 6.45) is -0.959. The van der Waals surface area contributed by atoms with Gasteiger partial charge in [-0.2, -0.15) is 0 Å². The molecule has 6 heteroatoms. The summed E-state index contributed by atoms with van der Waals surface area (Å²) < 4.78 is 10.8. The minimum Gasteiger partial charge on any atom is -0.497 e. The van der Waals surface area contributed by atoms with Gasteiger partial charge < -0.3 is 19.9 Å². The highest BCUT2D eigenvalue weighted by Gasteiger charge is 2.25. The Morgan fingerprint density at radius 1 is 1.11 bits per heavy atom. The van der Waals surface area contributed by atoms with Gasteiger partial charge >= 0.3 is 5.97 Å². The van der Waals surface area contributed by atoms with E-state index >= 15 is 0 Å². The van der Waals surface area contributed by atoms with Crippen LogP contribution in [0.4, 0.5) is 0 Å². The van der Waals surface area contributed by atoms with Crippen molar-refractivity contribution in [2.45, 2.75) is 19.6 Å². The lowest BCUT2D eigenvalue weighted by molar-refractivity contribution is -0.144. The summed E-state index contributed by atoms with van der Waals surface area (Å²) in [5, 5.41) is 13.8. The average molecular weight is 377 g/mol. The van der Waals surface area contributed by atoms with E-state index in [1.807, 2.05) is 42.5 Å². The van der Waals surface area contributed by atoms with E-state index in [0.29, 0.717) is 17.9 Å². The molecule has 1 aliphatic heterocycles. The molecule has 1 heterocycles. The Morgan fingerprint density at radius 2 is 1.82 bits per heavy atom. The van der Waals surface area contributed by atoms with Crippen LogP contribution < -0.4 is 14.8 Å². The molecule has 0 saturated heterocycles. The molecular weight excluding hydrogens is 358 g/mol. The molecule has 1 unspecified atom stereocenters. The second-order valence-electron chi connectivity index (χ2n) is 6.67. The van der Waals surface area contributed by atoms with Gasteiger partial charge in [0.15, 0.2) is 6.10 Å². The van der Waals surface area contributed by atoms with Gasteiger partial charge in [0.25, 0.3) is 5.91 Å². The molecular formula is C22H19NO5. The van der Waals surface area contributed by atoms with Crippen LogP contribution in [0.2, 0.25) is 0 Å². The number of ether oxygens (including phenoxy) is 2. The molecule has 0 spiro atoms. The highest BCUT2D eigenvalue weighted by molar-refractivity contribution is 6.09. The Morgan fingerprint density at radius 3 is 2.50 bits per heavy atom. The zero-order valence-electron chi connectivity index (χ0n) is 15.5. The quantitative estimate of drug-likeness (QED) is 0.710. The van der Waals surface area contributed by atoms with Gasteiger partial charge in [0.2, 0.25) is 0 Å². The minimum absolute atomic E-state index is 0.0912. The third kappa shape index (κ3) is 3.03. The van der Waals surface area contributed by atoms with Crippen molar-refractivity contribution < 1.29 is 24.2 Å². The van der Waals surface area contributed by atoms with E-state index in [1.54, 1.807) is 13.2 Å². The second kappa shape index (κ2) is 6.88. The van der Waals surface area contributed by atoms with Gasteiger partial charge in [-0.1, -0.05) is 18.2 Å². The number of hydrogen-bond donors (Lipinski definition) is 2. The van der Waals surface area contributed by atoms with Crippen molar-refractivity contribution in [2.75, 3.05) is 7.11 Å². The second-order valence-corrected chi connectivity index (χ2v) is 6.67. The van der Waals surface area contributed by atoms with Crippen molar-refractivity contribution in [1.29, 1.82) is 0 Å². The van der Waals surface area contributed by atoms with Crippen LogP contribution >= 0.6 is 0 Å². The van der Waals surface area contributed by atoms with Crippen LogP contribution in [0.15, 0.2) is 48.5 Å². The molecule has 0 bridgehead atoms. The first-order valence-corrected chi connectivity index (χ1v) is 8.89. The molecule has 0 aliphatic carbocycles. The van der Waals surface area contributed by atoms with Crippen molar-refractivity contribution in [3.05, 3.63) is 59.7 Å². The Kier molecular flexibility index (Phi) is 4.39. The highest BCUT2D eigenvalue weighted by atomic mass is 16.5. The number of carbonyl (C=O) groups is 2. The number of carboxylic acid groups (broad SMARTS) is 1. The minimum atomic E-state index is -1.03. The first-order chi connectivity index (χ1) is 13.5. The smallest absolute Gasteiger partial charge is 0.344 e. The number of amides is 1. The van der Waals surface area contributed by atoms with Crippen LogP contribution in [0, 0.1) is 0 Å². The lowest BCUT2D eigenvalue weighted by Gasteiger charge is -2.15. The molecule has 3 aromatic rings. The van der Waals surface area contributed by atoms with E-state index in [4.69, 9.17) is 14.6 Å². The van der Waals surface area contributed by atoms with Gasteiger partial charge in [0.1, 0.15) is 11.5 Å². The maximum absolute atomic E-state index is 12.3. The van der Waals surface area contributed by atoms with Crippen LogP contribution in [0.5, 0.6) is 11.5 Å². The number of carboxylic acids is 1. The van der Waals surface area contributed by atoms with E-state index in [2.05, 4.69) is 5.32 Å². The van der Waals surface area contributed by atoms with Crippen LogP contribution in [0.25, 0.3) is 21.9 Å². The van der Waals surface area contributed by atoms with E-state index in [9.17, 15) is 9.59 Å². The SMILES string of the molecule is COc1ccc(-c2c3c(cc4ccc(OC(C)C(=O)O)cc24)C(=O)NC3)cc1. The molecule has 6 nitrogen and oxygen atoms in total. The molecule has 1 aliphatic rings. The molecule has 0 fully saturated rings. The largest absolute Gasteiger partial charge is 0.497 e. The summed E-state index contributed by atoms with van der Waals surface area (Å²) >= 11 is 0. The van der Waals surface area contributed by atoms with Crippen molar-refractivity contribution in [2.24, 2.45) is 0 Å². The van der Waals surface area contributed by atoms with E-state index in [0.717, 1.165) is 33.2 Å². The summed E-state index contributed by atoms with van der Waals surface area (Å²) in [4.78, 5) is 23.4. The fourth-order valence-electron chi connectivity index (χ4n) is 3.48. The van der Waals surface area contributed by atoms with Crippen molar-refractivity contribution >= 4 is 22.6 Å². The lowest BCUT2D eigenvalue weighted by Crippen LogP contribution is -2.22. The number of hydrogen-bond acceptors (Lipinski definition) is 4. The Balaban J connectivity index is 1.92. The van der Waals surface area contributed by atoms with Gasteiger partial charge in [0, 0.05) is 12.1 Å². The molecule has 28 heavy (non-hydrogen) atoms. The summed E-state index contributed by atoms with van der Waals surface area (Å²) in [6.45, 7) is 1.93. The van der Waals surface area contributed by atoms with Gasteiger partial charge in [-0.3, -0.25) is 4.79 Å². The topological polar surface area (TPSA) is 84.9 Å². The standard InChI is InChI=1S/C22H19NO5/c1-12(22(25)26)28-16-8-5-14-9-18-19(11-23-21(18)24)20(17(14)10-16)13-3-6-15(27-2)7-4-13/h3-10,12H,11H2,1-2H3,(H,23,24)(H,25,26). The molecule has 0 aromatic heterocycles. The third-order valence-electron chi connectivity index (χ3n) is 4.93. The fourth-order valence-corrected chi connectivity index (χ4v) is 3.48. The summed E-state index contributed by atoms with van der Waals surface area (Å²) in [7, 11) is 1.61. The number of methoxy groups -OCH3 is 1. The Hall–Kier alpha value is -3.54. The monoisotopic (exact) mass is 377 g/mol. The van der Waals surface area contributed by atoms with E-state index < -0.39 is 12.1 Å². The lowest BCUT2D eigenvalue weighted by atomic mass is 9.90. The first-order valence-electron chi connectivity index (χ1n) is 8.89. The van der Waals surface area contributed by atoms with Crippen LogP contribution in [0.3, 0.4) is 0 Å². The highest BCUT2D eigenvalue weighted by Crippen LogP contribution is 2.38. The van der Waals surface area contributed by atoms with E-state index in [-0.39, 0.29) is 5.91 Å². The number of benzene rings is 3. The van der Waals surface area contributed by atoms with E-state index in [1.165, 1.54) is 6.92 Å². The van der Waals surface area contributed by atoms with Gasteiger partial charge in [0.05, 0.1) is 7.11 Å². The number of aliphatic carboxylic acids is 1. The maximum atomic E-state index is 12.3. The molecule has 3 aromatic carbocycles. The normalized spacial score (nSPS) is 13.7. The van der Waals surface area contributed by atoms with Crippen LogP contribution in [-0.2, 0) is 11.3 Å². The fraction of sp³-hybridized carbons (Fsp3) is 0.182. The van der Waals surface area contributed by atoms with Crippen molar-refractivity contribution in [3.8, 4) is 22.6 Å². The summed E-state index contributed by atoms with van der Waals surface area (Å²) in [5.41, 5.74) is 3.46. The molecule has 2 N–H and O–H groups in total. The first kappa shape index (κ1) is 17.9. The van der Waals surface area contributed by atoms with Gasteiger partial charge in [-0.15, -0.1) is 0 Å². The number of rotatable bonds is 5. The number of carbonyl (C=O) groups excluding carboxylic acids is 1. The number of fused-ring (bicyclic) bond motifs is 2. The maximum Gasteiger partial charge on any atom is 0.344 e. The molecule has 0 saturated carbocycles. The average Bonchev–Trinajstić information content (AvgIpc) is 3.06. The summed E-state index contributed by atoms with van der Waals surface area (Å²) in [6, 6.07) is 14.9. The zero-order valence-corrected chi connectivity index (χ0v) is 15.5.